The number of halogens is 3. The third-order valence-corrected chi connectivity index (χ3v) is 3.14. The molecule has 2 rings (SSSR count). The van der Waals surface area contributed by atoms with Gasteiger partial charge in [0, 0.05) is 13.2 Å². The van der Waals surface area contributed by atoms with Crippen molar-refractivity contribution >= 4 is 5.91 Å². The predicted octanol–water partition coefficient (Wildman–Crippen LogP) is 0.957. The number of rotatable bonds is 1. The van der Waals surface area contributed by atoms with Crippen LogP contribution in [0.5, 0.6) is 0 Å². The molecule has 0 unspecified atom stereocenters. The summed E-state index contributed by atoms with van der Waals surface area (Å²) in [4.78, 5) is 13.0. The quantitative estimate of drug-likeness (QED) is 0.698. The molecule has 2 aliphatic heterocycles. The van der Waals surface area contributed by atoms with Crippen molar-refractivity contribution in [2.45, 2.75) is 24.6 Å². The number of morpholine rings is 1. The molecule has 0 aliphatic carbocycles. The van der Waals surface area contributed by atoms with Crippen LogP contribution in [0.25, 0.3) is 0 Å². The molecule has 2 aliphatic rings. The van der Waals surface area contributed by atoms with Crippen LogP contribution < -0.4 is 0 Å². The van der Waals surface area contributed by atoms with Gasteiger partial charge in [0.15, 0.2) is 0 Å². The predicted molar refractivity (Wildman–Crippen MR) is 51.4 cm³/mol. The van der Waals surface area contributed by atoms with Crippen LogP contribution in [0.15, 0.2) is 0 Å². The molecule has 0 saturated carbocycles. The Kier molecular flexibility index (Phi) is 3.31. The number of ether oxygens (including phenoxy) is 2. The van der Waals surface area contributed by atoms with Crippen molar-refractivity contribution in [1.29, 1.82) is 0 Å². The Morgan fingerprint density at radius 1 is 1.24 bits per heavy atom. The monoisotopic (exact) mass is 253 g/mol. The van der Waals surface area contributed by atoms with E-state index in [-0.39, 0.29) is 26.4 Å². The van der Waals surface area contributed by atoms with Crippen molar-refractivity contribution in [1.82, 2.24) is 4.90 Å². The highest BCUT2D eigenvalue weighted by atomic mass is 19.4. The second kappa shape index (κ2) is 4.45. The van der Waals surface area contributed by atoms with Crippen molar-refractivity contribution in [2.75, 3.05) is 33.0 Å². The van der Waals surface area contributed by atoms with Gasteiger partial charge in [-0.05, 0) is 6.42 Å². The number of carbonyl (C=O) groups excluding carboxylic acids is 1. The summed E-state index contributed by atoms with van der Waals surface area (Å²) in [6, 6.07) is 0. The van der Waals surface area contributed by atoms with E-state index in [1.807, 2.05) is 0 Å². The summed E-state index contributed by atoms with van der Waals surface area (Å²) in [5, 5.41) is 0. The summed E-state index contributed by atoms with van der Waals surface area (Å²) in [7, 11) is 0. The Labute approximate surface area is 96.7 Å². The van der Waals surface area contributed by atoms with Gasteiger partial charge < -0.3 is 14.4 Å². The Balaban J connectivity index is 2.08. The van der Waals surface area contributed by atoms with Crippen molar-refractivity contribution in [3.8, 4) is 0 Å². The minimum Gasteiger partial charge on any atom is -0.379 e. The van der Waals surface area contributed by atoms with E-state index in [1.165, 1.54) is 4.90 Å². The van der Waals surface area contributed by atoms with Crippen molar-refractivity contribution in [2.24, 2.45) is 0 Å². The van der Waals surface area contributed by atoms with Crippen molar-refractivity contribution < 1.29 is 27.4 Å². The molecule has 4 nitrogen and oxygen atoms in total. The van der Waals surface area contributed by atoms with E-state index >= 15 is 0 Å². The molecular weight excluding hydrogens is 239 g/mol. The molecule has 98 valence electrons. The van der Waals surface area contributed by atoms with Gasteiger partial charge in [0.2, 0.25) is 5.91 Å². The molecule has 1 spiro atoms. The third kappa shape index (κ3) is 2.71. The molecule has 0 aromatic heterocycles. The van der Waals surface area contributed by atoms with Gasteiger partial charge in [-0.3, -0.25) is 4.79 Å². The maximum absolute atomic E-state index is 12.2. The van der Waals surface area contributed by atoms with Crippen LogP contribution in [0.4, 0.5) is 13.2 Å². The second-order valence-electron chi connectivity index (χ2n) is 4.42. The molecule has 2 heterocycles. The zero-order valence-electron chi connectivity index (χ0n) is 9.26. The number of hydrogen-bond acceptors (Lipinski definition) is 3. The first-order chi connectivity index (χ1) is 7.93. The smallest absolute Gasteiger partial charge is 0.379 e. The molecule has 0 aromatic rings. The van der Waals surface area contributed by atoms with E-state index in [4.69, 9.17) is 9.47 Å². The van der Waals surface area contributed by atoms with Gasteiger partial charge in [0.25, 0.3) is 0 Å². The average Bonchev–Trinajstić information content (AvgIpc) is 2.65. The number of nitrogens with zero attached hydrogens (tertiary/aromatic N) is 1. The van der Waals surface area contributed by atoms with Crippen molar-refractivity contribution in [3.63, 3.8) is 0 Å². The fraction of sp³-hybridized carbons (Fsp3) is 0.900. The fourth-order valence-corrected chi connectivity index (χ4v) is 2.31. The topological polar surface area (TPSA) is 38.8 Å². The Hall–Kier alpha value is -0.820. The van der Waals surface area contributed by atoms with E-state index < -0.39 is 24.0 Å². The van der Waals surface area contributed by atoms with Crippen LogP contribution in [0.2, 0.25) is 0 Å². The molecule has 2 saturated heterocycles. The standard InChI is InChI=1S/C10H14F3NO3/c11-10(12,13)5-8(15)14-2-4-17-7-9(14)1-3-16-6-9/h1-7H2/t9-/m1/s1. The SMILES string of the molecule is O=C(CC(F)(F)F)N1CCOC[C@]12CCOC2. The summed E-state index contributed by atoms with van der Waals surface area (Å²) in [5.41, 5.74) is -0.680. The lowest BCUT2D eigenvalue weighted by Crippen LogP contribution is -2.60. The van der Waals surface area contributed by atoms with E-state index in [0.29, 0.717) is 13.0 Å². The van der Waals surface area contributed by atoms with E-state index in [2.05, 4.69) is 0 Å². The van der Waals surface area contributed by atoms with Gasteiger partial charge >= 0.3 is 6.18 Å². The zero-order chi connectivity index (χ0) is 12.5. The summed E-state index contributed by atoms with van der Waals surface area (Å²) in [6.45, 7) is 1.47. The van der Waals surface area contributed by atoms with E-state index in [0.717, 1.165) is 0 Å². The van der Waals surface area contributed by atoms with Crippen LogP contribution in [0.3, 0.4) is 0 Å². The molecule has 1 atom stereocenters. The van der Waals surface area contributed by atoms with Gasteiger partial charge in [-0.2, -0.15) is 13.2 Å². The first-order valence-electron chi connectivity index (χ1n) is 5.46. The first kappa shape index (κ1) is 12.6. The molecule has 17 heavy (non-hydrogen) atoms. The minimum atomic E-state index is -4.46. The number of amides is 1. The lowest BCUT2D eigenvalue weighted by atomic mass is 9.95. The van der Waals surface area contributed by atoms with Crippen LogP contribution in [0.1, 0.15) is 12.8 Å². The normalized spacial score (nSPS) is 29.9. The molecular formula is C10H14F3NO3. The lowest BCUT2D eigenvalue weighted by molar-refractivity contribution is -0.173. The molecule has 0 N–H and O–H groups in total. The van der Waals surface area contributed by atoms with Crippen LogP contribution >= 0.6 is 0 Å². The maximum Gasteiger partial charge on any atom is 0.397 e. The van der Waals surface area contributed by atoms with Crippen LogP contribution in [-0.2, 0) is 14.3 Å². The van der Waals surface area contributed by atoms with E-state index in [1.54, 1.807) is 0 Å². The summed E-state index contributed by atoms with van der Waals surface area (Å²) < 4.78 is 47.1. The van der Waals surface area contributed by atoms with Crippen molar-refractivity contribution in [3.05, 3.63) is 0 Å². The van der Waals surface area contributed by atoms with Gasteiger partial charge in [0.05, 0.1) is 25.4 Å². The molecule has 1 amide bonds. The Morgan fingerprint density at radius 3 is 2.47 bits per heavy atom. The summed E-state index contributed by atoms with van der Waals surface area (Å²) in [6.07, 6.45) is -5.33. The summed E-state index contributed by atoms with van der Waals surface area (Å²) >= 11 is 0. The molecule has 2 fully saturated rings. The summed E-state index contributed by atoms with van der Waals surface area (Å²) in [5.74, 6) is -0.883. The maximum atomic E-state index is 12.2. The zero-order valence-corrected chi connectivity index (χ0v) is 9.26. The van der Waals surface area contributed by atoms with Gasteiger partial charge in [-0.15, -0.1) is 0 Å². The second-order valence-corrected chi connectivity index (χ2v) is 4.42. The lowest BCUT2D eigenvalue weighted by Gasteiger charge is -2.43. The van der Waals surface area contributed by atoms with Gasteiger partial charge in [0.1, 0.15) is 6.42 Å². The fourth-order valence-electron chi connectivity index (χ4n) is 2.31. The molecule has 0 aromatic carbocycles. The highest BCUT2D eigenvalue weighted by molar-refractivity contribution is 5.78. The Bertz CT molecular complexity index is 300. The van der Waals surface area contributed by atoms with Gasteiger partial charge in [-0.25, -0.2) is 0 Å². The first-order valence-corrected chi connectivity index (χ1v) is 5.46. The number of alkyl halides is 3. The number of hydrogen-bond donors (Lipinski definition) is 0. The third-order valence-electron chi connectivity index (χ3n) is 3.14. The number of carbonyl (C=O) groups is 1. The minimum absolute atomic E-state index is 0.207. The highest BCUT2D eigenvalue weighted by Gasteiger charge is 2.47. The van der Waals surface area contributed by atoms with E-state index in [9.17, 15) is 18.0 Å². The largest absolute Gasteiger partial charge is 0.397 e. The van der Waals surface area contributed by atoms with Gasteiger partial charge in [-0.1, -0.05) is 0 Å². The molecule has 0 bridgehead atoms. The molecule has 7 heteroatoms. The average molecular weight is 253 g/mol. The Morgan fingerprint density at radius 2 is 1.88 bits per heavy atom. The highest BCUT2D eigenvalue weighted by Crippen LogP contribution is 2.31. The molecule has 0 radical (unpaired) electrons. The van der Waals surface area contributed by atoms with Crippen LogP contribution in [-0.4, -0.2) is 55.5 Å². The van der Waals surface area contributed by atoms with Crippen LogP contribution in [0, 0.1) is 0 Å².